The van der Waals surface area contributed by atoms with Crippen molar-refractivity contribution >= 4 is 28.2 Å². The third kappa shape index (κ3) is 1.59. The van der Waals surface area contributed by atoms with E-state index < -0.39 is 0 Å². The molecule has 2 aliphatic rings. The lowest BCUT2D eigenvalue weighted by molar-refractivity contribution is -0.119. The number of amides is 1. The summed E-state index contributed by atoms with van der Waals surface area (Å²) in [4.78, 5) is 16.6. The molecule has 2 atom stereocenters. The Hall–Kier alpha value is -2.10. The summed E-state index contributed by atoms with van der Waals surface area (Å²) in [6.45, 7) is 0. The Balaban J connectivity index is 1.91. The van der Waals surface area contributed by atoms with Gasteiger partial charge in [0, 0.05) is 11.4 Å². The normalized spacial score (nSPS) is 25.2. The number of aromatic nitrogens is 1. The van der Waals surface area contributed by atoms with E-state index in [-0.39, 0.29) is 17.9 Å². The number of carbonyl (C=O) groups is 1. The van der Waals surface area contributed by atoms with Crippen LogP contribution in [-0.4, -0.2) is 16.9 Å². The van der Waals surface area contributed by atoms with Gasteiger partial charge >= 0.3 is 0 Å². The summed E-state index contributed by atoms with van der Waals surface area (Å²) in [7, 11) is 0. The maximum absolute atomic E-state index is 12.2. The third-order valence-corrected chi connectivity index (χ3v) is 4.22. The lowest BCUT2D eigenvalue weighted by atomic mass is 10.0. The molecule has 1 aromatic heterocycles. The highest BCUT2D eigenvalue weighted by Gasteiger charge is 2.36. The summed E-state index contributed by atoms with van der Waals surface area (Å²) in [5.41, 5.74) is 2.78. The molecule has 19 heavy (non-hydrogen) atoms. The van der Waals surface area contributed by atoms with E-state index >= 15 is 0 Å². The summed E-state index contributed by atoms with van der Waals surface area (Å²) < 4.78 is 0. The summed E-state index contributed by atoms with van der Waals surface area (Å²) >= 11 is 0. The first-order valence-electron chi connectivity index (χ1n) is 6.78. The molecule has 96 valence electrons. The minimum Gasteiger partial charge on any atom is -0.379 e. The zero-order valence-corrected chi connectivity index (χ0v) is 10.5. The quantitative estimate of drug-likeness (QED) is 0.759. The van der Waals surface area contributed by atoms with Crippen molar-refractivity contribution in [3.63, 3.8) is 0 Å². The Bertz CT molecular complexity index is 667. The molecule has 1 aromatic carbocycles. The van der Waals surface area contributed by atoms with E-state index in [0.29, 0.717) is 0 Å². The lowest BCUT2D eigenvalue weighted by Gasteiger charge is -2.17. The van der Waals surface area contributed by atoms with Crippen LogP contribution in [0.25, 0.3) is 10.9 Å². The largest absolute Gasteiger partial charge is 0.379 e. The van der Waals surface area contributed by atoms with Crippen LogP contribution in [0.2, 0.25) is 0 Å². The van der Waals surface area contributed by atoms with E-state index in [1.54, 1.807) is 6.20 Å². The summed E-state index contributed by atoms with van der Waals surface area (Å²) in [5, 5.41) is 7.67. The Labute approximate surface area is 111 Å². The first-order valence-corrected chi connectivity index (χ1v) is 6.78. The van der Waals surface area contributed by atoms with Gasteiger partial charge in [-0.1, -0.05) is 24.6 Å². The van der Waals surface area contributed by atoms with Gasteiger partial charge in [0.1, 0.15) is 0 Å². The van der Waals surface area contributed by atoms with E-state index in [1.165, 1.54) is 0 Å². The van der Waals surface area contributed by atoms with E-state index in [0.717, 1.165) is 41.5 Å². The Kier molecular flexibility index (Phi) is 2.24. The second-order valence-corrected chi connectivity index (χ2v) is 5.34. The summed E-state index contributed by atoms with van der Waals surface area (Å²) in [6.07, 6.45) is 4.91. The van der Waals surface area contributed by atoms with Crippen molar-refractivity contribution in [2.75, 3.05) is 10.6 Å². The van der Waals surface area contributed by atoms with Gasteiger partial charge in [-0.2, -0.15) is 0 Å². The second-order valence-electron chi connectivity index (χ2n) is 5.34. The topological polar surface area (TPSA) is 54.0 Å². The molecule has 1 fully saturated rings. The first kappa shape index (κ1) is 10.8. The predicted molar refractivity (Wildman–Crippen MR) is 75.1 cm³/mol. The first-order chi connectivity index (χ1) is 9.33. The van der Waals surface area contributed by atoms with Crippen molar-refractivity contribution in [2.45, 2.75) is 25.3 Å². The van der Waals surface area contributed by atoms with Gasteiger partial charge < -0.3 is 10.6 Å². The standard InChI is InChI=1S/C15H15N3O/c19-15-10-5-3-7-12(10)17-14-9-4-1-2-6-11(9)16-8-13(14)18-15/h1-2,4,6,8,10,12,17H,3,5,7H2,(H,18,19). The van der Waals surface area contributed by atoms with Crippen molar-refractivity contribution in [2.24, 2.45) is 5.92 Å². The van der Waals surface area contributed by atoms with Gasteiger partial charge in [-0.3, -0.25) is 9.78 Å². The van der Waals surface area contributed by atoms with Gasteiger partial charge in [0.05, 0.1) is 29.0 Å². The average molecular weight is 253 g/mol. The molecule has 4 rings (SSSR count). The van der Waals surface area contributed by atoms with Crippen LogP contribution < -0.4 is 10.6 Å². The molecule has 2 unspecified atom stereocenters. The van der Waals surface area contributed by atoms with Gasteiger partial charge in [-0.25, -0.2) is 0 Å². The van der Waals surface area contributed by atoms with Gasteiger partial charge in [-0.15, -0.1) is 0 Å². The molecule has 0 bridgehead atoms. The van der Waals surface area contributed by atoms with Crippen LogP contribution in [-0.2, 0) is 4.79 Å². The van der Waals surface area contributed by atoms with Crippen molar-refractivity contribution in [3.8, 4) is 0 Å². The number of fused-ring (bicyclic) bond motifs is 4. The number of hydrogen-bond donors (Lipinski definition) is 2. The van der Waals surface area contributed by atoms with Crippen LogP contribution in [0.4, 0.5) is 11.4 Å². The SMILES string of the molecule is O=C1Nc2cnc3ccccc3c2NC2CCCC12. The fraction of sp³-hybridized carbons (Fsp3) is 0.333. The minimum absolute atomic E-state index is 0.0890. The van der Waals surface area contributed by atoms with Crippen LogP contribution in [0.5, 0.6) is 0 Å². The molecule has 1 aliphatic carbocycles. The maximum Gasteiger partial charge on any atom is 0.229 e. The van der Waals surface area contributed by atoms with Gasteiger partial charge in [0.25, 0.3) is 0 Å². The molecule has 1 amide bonds. The Morgan fingerprint density at radius 1 is 1.21 bits per heavy atom. The number of carbonyl (C=O) groups excluding carboxylic acids is 1. The molecule has 0 saturated heterocycles. The highest BCUT2D eigenvalue weighted by Crippen LogP contribution is 2.38. The highest BCUT2D eigenvalue weighted by molar-refractivity contribution is 6.05. The van der Waals surface area contributed by atoms with Crippen LogP contribution >= 0.6 is 0 Å². The second kappa shape index (κ2) is 3.95. The van der Waals surface area contributed by atoms with E-state index in [2.05, 4.69) is 21.7 Å². The Morgan fingerprint density at radius 2 is 2.11 bits per heavy atom. The molecule has 2 N–H and O–H groups in total. The van der Waals surface area contributed by atoms with Crippen LogP contribution in [0.15, 0.2) is 30.5 Å². The fourth-order valence-electron chi connectivity index (χ4n) is 3.25. The number of nitrogens with one attached hydrogen (secondary N) is 2. The molecular formula is C15H15N3O. The zero-order valence-electron chi connectivity index (χ0n) is 10.5. The maximum atomic E-state index is 12.2. The zero-order chi connectivity index (χ0) is 12.8. The molecule has 2 heterocycles. The van der Waals surface area contributed by atoms with E-state index in [9.17, 15) is 4.79 Å². The number of hydrogen-bond acceptors (Lipinski definition) is 3. The minimum atomic E-state index is 0.0890. The van der Waals surface area contributed by atoms with Crippen LogP contribution in [0.3, 0.4) is 0 Å². The number of benzene rings is 1. The number of anilines is 2. The van der Waals surface area contributed by atoms with Crippen molar-refractivity contribution in [1.82, 2.24) is 4.98 Å². The number of rotatable bonds is 0. The van der Waals surface area contributed by atoms with E-state index in [4.69, 9.17) is 0 Å². The fourth-order valence-corrected chi connectivity index (χ4v) is 3.25. The number of para-hydroxylation sites is 1. The molecule has 1 aliphatic heterocycles. The molecule has 0 spiro atoms. The molecule has 0 radical (unpaired) electrons. The molecule has 4 nitrogen and oxygen atoms in total. The highest BCUT2D eigenvalue weighted by atomic mass is 16.2. The summed E-state index contributed by atoms with van der Waals surface area (Å²) in [5.74, 6) is 0.219. The third-order valence-electron chi connectivity index (χ3n) is 4.22. The van der Waals surface area contributed by atoms with Crippen molar-refractivity contribution in [3.05, 3.63) is 30.5 Å². The van der Waals surface area contributed by atoms with Gasteiger partial charge in [0.2, 0.25) is 5.91 Å². The number of nitrogens with zero attached hydrogens (tertiary/aromatic N) is 1. The lowest BCUT2D eigenvalue weighted by Crippen LogP contribution is -2.30. The van der Waals surface area contributed by atoms with Gasteiger partial charge in [0.15, 0.2) is 0 Å². The molecule has 4 heteroatoms. The Morgan fingerprint density at radius 3 is 3.05 bits per heavy atom. The number of pyridine rings is 1. The van der Waals surface area contributed by atoms with Crippen LogP contribution in [0.1, 0.15) is 19.3 Å². The monoisotopic (exact) mass is 253 g/mol. The van der Waals surface area contributed by atoms with Crippen LogP contribution in [0, 0.1) is 5.92 Å². The summed E-state index contributed by atoms with van der Waals surface area (Å²) in [6, 6.07) is 8.29. The van der Waals surface area contributed by atoms with Crippen molar-refractivity contribution < 1.29 is 4.79 Å². The van der Waals surface area contributed by atoms with E-state index in [1.807, 2.05) is 18.2 Å². The molecule has 2 aromatic rings. The van der Waals surface area contributed by atoms with Crippen molar-refractivity contribution in [1.29, 1.82) is 0 Å². The smallest absolute Gasteiger partial charge is 0.229 e. The molecular weight excluding hydrogens is 238 g/mol. The van der Waals surface area contributed by atoms with Gasteiger partial charge in [-0.05, 0) is 18.9 Å². The average Bonchev–Trinajstić information content (AvgIpc) is 2.84. The predicted octanol–water partition coefficient (Wildman–Crippen LogP) is 2.77. The molecule has 1 saturated carbocycles.